The van der Waals surface area contributed by atoms with E-state index in [1.54, 1.807) is 28.6 Å². The first-order chi connectivity index (χ1) is 10.7. The number of hydrogen-bond acceptors (Lipinski definition) is 4. The van der Waals surface area contributed by atoms with E-state index >= 15 is 0 Å². The fourth-order valence-electron chi connectivity index (χ4n) is 3.13. The van der Waals surface area contributed by atoms with Gasteiger partial charge in [-0.3, -0.25) is 4.90 Å². The van der Waals surface area contributed by atoms with Crippen LogP contribution in [0.4, 0.5) is 0 Å². The molecular formula is C16H24N2O3S. The molecule has 0 radical (unpaired) electrons. The van der Waals surface area contributed by atoms with Crippen molar-refractivity contribution in [1.82, 2.24) is 9.21 Å². The van der Waals surface area contributed by atoms with Gasteiger partial charge in [0.15, 0.2) is 0 Å². The van der Waals surface area contributed by atoms with Crippen LogP contribution < -0.4 is 0 Å². The zero-order valence-electron chi connectivity index (χ0n) is 12.9. The molecule has 1 aromatic rings. The summed E-state index contributed by atoms with van der Waals surface area (Å²) in [5, 5.41) is 0. The summed E-state index contributed by atoms with van der Waals surface area (Å²) < 4.78 is 32.5. The molecule has 122 valence electrons. The molecule has 0 spiro atoms. The minimum Gasteiger partial charge on any atom is -0.377 e. The van der Waals surface area contributed by atoms with Gasteiger partial charge in [0.1, 0.15) is 0 Å². The summed E-state index contributed by atoms with van der Waals surface area (Å²) >= 11 is 0. The molecule has 5 nitrogen and oxygen atoms in total. The molecule has 0 N–H and O–H groups in total. The van der Waals surface area contributed by atoms with Crippen molar-refractivity contribution < 1.29 is 13.2 Å². The standard InChI is InChI=1S/C16H24N2O3S/c19-22(20,16-7-2-1-3-8-16)18-11-9-17(10-12-18)14-15-6-4-5-13-21-15/h1-3,7-8,15H,4-6,9-14H2/t15-/m1/s1. The van der Waals surface area contributed by atoms with Gasteiger partial charge in [0, 0.05) is 39.3 Å². The maximum atomic E-state index is 12.6. The van der Waals surface area contributed by atoms with E-state index in [1.165, 1.54) is 12.8 Å². The summed E-state index contributed by atoms with van der Waals surface area (Å²) in [7, 11) is -3.34. The topological polar surface area (TPSA) is 49.9 Å². The van der Waals surface area contributed by atoms with Gasteiger partial charge in [-0.1, -0.05) is 18.2 Å². The van der Waals surface area contributed by atoms with Crippen molar-refractivity contribution >= 4 is 10.0 Å². The molecular weight excluding hydrogens is 300 g/mol. The second kappa shape index (κ2) is 7.08. The minimum absolute atomic E-state index is 0.325. The molecule has 2 heterocycles. The van der Waals surface area contributed by atoms with E-state index in [2.05, 4.69) is 4.90 Å². The Morgan fingerprint density at radius 2 is 1.77 bits per heavy atom. The van der Waals surface area contributed by atoms with E-state index < -0.39 is 10.0 Å². The molecule has 0 amide bonds. The summed E-state index contributed by atoms with van der Waals surface area (Å²) in [6.45, 7) is 4.48. The first-order valence-corrected chi connectivity index (χ1v) is 9.49. The molecule has 0 aromatic heterocycles. The normalized spacial score (nSPS) is 25.2. The molecule has 1 aromatic carbocycles. The molecule has 0 saturated carbocycles. The number of piperazine rings is 1. The Bertz CT molecular complexity index is 562. The molecule has 0 unspecified atom stereocenters. The van der Waals surface area contributed by atoms with Gasteiger partial charge in [0.2, 0.25) is 10.0 Å². The van der Waals surface area contributed by atoms with Crippen LogP contribution in [0.2, 0.25) is 0 Å². The predicted molar refractivity (Wildman–Crippen MR) is 85.2 cm³/mol. The van der Waals surface area contributed by atoms with Gasteiger partial charge in [-0.15, -0.1) is 0 Å². The number of ether oxygens (including phenoxy) is 1. The number of nitrogens with zero attached hydrogens (tertiary/aromatic N) is 2. The second-order valence-corrected chi connectivity index (χ2v) is 7.94. The summed E-state index contributed by atoms with van der Waals surface area (Å²) in [5.74, 6) is 0. The van der Waals surface area contributed by atoms with E-state index in [4.69, 9.17) is 4.74 Å². The summed E-state index contributed by atoms with van der Waals surface area (Å²) in [4.78, 5) is 2.71. The monoisotopic (exact) mass is 324 g/mol. The van der Waals surface area contributed by atoms with Gasteiger partial charge in [0.25, 0.3) is 0 Å². The van der Waals surface area contributed by atoms with Crippen molar-refractivity contribution in [3.05, 3.63) is 30.3 Å². The van der Waals surface area contributed by atoms with Crippen molar-refractivity contribution in [1.29, 1.82) is 0 Å². The predicted octanol–water partition coefficient (Wildman–Crippen LogP) is 1.56. The summed E-state index contributed by atoms with van der Waals surface area (Å²) in [5.41, 5.74) is 0. The minimum atomic E-state index is -3.34. The van der Waals surface area contributed by atoms with Gasteiger partial charge < -0.3 is 4.74 Å². The van der Waals surface area contributed by atoms with Gasteiger partial charge >= 0.3 is 0 Å². The number of sulfonamides is 1. The second-order valence-electron chi connectivity index (χ2n) is 6.01. The average molecular weight is 324 g/mol. The molecule has 2 aliphatic heterocycles. The first-order valence-electron chi connectivity index (χ1n) is 8.05. The fourth-order valence-corrected chi connectivity index (χ4v) is 4.58. The van der Waals surface area contributed by atoms with Crippen LogP contribution in [-0.4, -0.2) is 63.1 Å². The van der Waals surface area contributed by atoms with Crippen molar-refractivity contribution in [3.8, 4) is 0 Å². The number of hydrogen-bond donors (Lipinski definition) is 0. The third-order valence-corrected chi connectivity index (χ3v) is 6.36. The molecule has 6 heteroatoms. The average Bonchev–Trinajstić information content (AvgIpc) is 2.57. The van der Waals surface area contributed by atoms with Crippen molar-refractivity contribution in [3.63, 3.8) is 0 Å². The van der Waals surface area contributed by atoms with E-state index in [1.807, 2.05) is 6.07 Å². The number of rotatable bonds is 4. The maximum Gasteiger partial charge on any atom is 0.243 e. The number of benzene rings is 1. The Kier molecular flexibility index (Phi) is 5.13. The zero-order valence-corrected chi connectivity index (χ0v) is 13.7. The largest absolute Gasteiger partial charge is 0.377 e. The highest BCUT2D eigenvalue weighted by atomic mass is 32.2. The van der Waals surface area contributed by atoms with E-state index in [0.29, 0.717) is 24.1 Å². The van der Waals surface area contributed by atoms with Crippen LogP contribution in [-0.2, 0) is 14.8 Å². The van der Waals surface area contributed by atoms with Crippen molar-refractivity contribution in [2.45, 2.75) is 30.3 Å². The van der Waals surface area contributed by atoms with Gasteiger partial charge in [0.05, 0.1) is 11.0 Å². The smallest absolute Gasteiger partial charge is 0.243 e. The highest BCUT2D eigenvalue weighted by molar-refractivity contribution is 7.89. The van der Waals surface area contributed by atoms with Gasteiger partial charge in [-0.25, -0.2) is 8.42 Å². The molecule has 2 saturated heterocycles. The third kappa shape index (κ3) is 3.68. The third-order valence-electron chi connectivity index (χ3n) is 4.45. The highest BCUT2D eigenvalue weighted by Crippen LogP contribution is 2.19. The quantitative estimate of drug-likeness (QED) is 0.843. The van der Waals surface area contributed by atoms with Crippen molar-refractivity contribution in [2.75, 3.05) is 39.3 Å². The molecule has 22 heavy (non-hydrogen) atoms. The van der Waals surface area contributed by atoms with Crippen LogP contribution in [0, 0.1) is 0 Å². The van der Waals surface area contributed by atoms with E-state index in [-0.39, 0.29) is 0 Å². The van der Waals surface area contributed by atoms with Crippen LogP contribution in [0.5, 0.6) is 0 Å². The Balaban J connectivity index is 1.55. The molecule has 1 atom stereocenters. The van der Waals surface area contributed by atoms with Crippen LogP contribution >= 0.6 is 0 Å². The summed E-state index contributed by atoms with van der Waals surface area (Å²) in [6, 6.07) is 8.70. The molecule has 0 aliphatic carbocycles. The fraction of sp³-hybridized carbons (Fsp3) is 0.625. The zero-order chi connectivity index (χ0) is 15.4. The van der Waals surface area contributed by atoms with Crippen LogP contribution in [0.3, 0.4) is 0 Å². The first kappa shape index (κ1) is 15.9. The SMILES string of the molecule is O=S(=O)(c1ccccc1)N1CCN(C[C@H]2CCCCO2)CC1. The lowest BCUT2D eigenvalue weighted by Gasteiger charge is -2.36. The highest BCUT2D eigenvalue weighted by Gasteiger charge is 2.29. The van der Waals surface area contributed by atoms with Gasteiger partial charge in [-0.05, 0) is 31.4 Å². The lowest BCUT2D eigenvalue weighted by molar-refractivity contribution is -0.0103. The van der Waals surface area contributed by atoms with E-state index in [0.717, 1.165) is 32.7 Å². The Morgan fingerprint density at radius 3 is 2.41 bits per heavy atom. The van der Waals surface area contributed by atoms with Crippen LogP contribution in [0.1, 0.15) is 19.3 Å². The van der Waals surface area contributed by atoms with Crippen LogP contribution in [0.15, 0.2) is 35.2 Å². The Labute approximate surface area is 132 Å². The van der Waals surface area contributed by atoms with E-state index in [9.17, 15) is 8.42 Å². The maximum absolute atomic E-state index is 12.6. The Hall–Kier alpha value is -0.950. The van der Waals surface area contributed by atoms with Gasteiger partial charge in [-0.2, -0.15) is 4.31 Å². The summed E-state index contributed by atoms with van der Waals surface area (Å²) in [6.07, 6.45) is 3.86. The molecule has 2 aliphatic rings. The Morgan fingerprint density at radius 1 is 1.05 bits per heavy atom. The molecule has 0 bridgehead atoms. The molecule has 2 fully saturated rings. The van der Waals surface area contributed by atoms with Crippen LogP contribution in [0.25, 0.3) is 0 Å². The lowest BCUT2D eigenvalue weighted by Crippen LogP contribution is -2.50. The van der Waals surface area contributed by atoms with Crippen molar-refractivity contribution in [2.24, 2.45) is 0 Å². The molecule has 3 rings (SSSR count). The lowest BCUT2D eigenvalue weighted by atomic mass is 10.1.